The van der Waals surface area contributed by atoms with Gasteiger partial charge in [-0.3, -0.25) is 0 Å². The molecule has 0 amide bonds. The predicted molar refractivity (Wildman–Crippen MR) is 71.8 cm³/mol. The van der Waals surface area contributed by atoms with Crippen LogP contribution in [-0.4, -0.2) is 29.4 Å². The zero-order valence-electron chi connectivity index (χ0n) is 11.6. The fourth-order valence-electron chi connectivity index (χ4n) is 2.30. The third-order valence-corrected chi connectivity index (χ3v) is 3.35. The van der Waals surface area contributed by atoms with E-state index in [0.717, 1.165) is 18.4 Å². The van der Waals surface area contributed by atoms with E-state index in [2.05, 4.69) is 13.8 Å². The summed E-state index contributed by atoms with van der Waals surface area (Å²) in [5.41, 5.74) is 1.08. The Morgan fingerprint density at radius 3 is 2.84 bits per heavy atom. The van der Waals surface area contributed by atoms with Gasteiger partial charge in [0.15, 0.2) is 0 Å². The van der Waals surface area contributed by atoms with Crippen molar-refractivity contribution in [1.82, 2.24) is 0 Å². The summed E-state index contributed by atoms with van der Waals surface area (Å²) in [5, 5.41) is 9.12. The number of aryl methyl sites for hydroxylation is 1. The number of carbonyl (C=O) groups is 1. The highest BCUT2D eigenvalue weighted by atomic mass is 16.6. The van der Waals surface area contributed by atoms with E-state index in [1.54, 1.807) is 18.2 Å². The van der Waals surface area contributed by atoms with Gasteiger partial charge < -0.3 is 14.6 Å². The molecular formula is C15H20O4. The minimum atomic E-state index is -0.970. The minimum absolute atomic E-state index is 0.0390. The van der Waals surface area contributed by atoms with Gasteiger partial charge in [0.05, 0.1) is 11.7 Å². The van der Waals surface area contributed by atoms with Crippen molar-refractivity contribution in [3.05, 3.63) is 29.3 Å². The molecule has 1 atom stereocenters. The Hall–Kier alpha value is -1.55. The Morgan fingerprint density at radius 1 is 1.53 bits per heavy atom. The summed E-state index contributed by atoms with van der Waals surface area (Å²) >= 11 is 0. The van der Waals surface area contributed by atoms with Crippen LogP contribution in [0.2, 0.25) is 0 Å². The first kappa shape index (κ1) is 13.9. The number of carboxylic acids is 1. The molecule has 0 saturated carbocycles. The SMILES string of the molecule is Cc1ccc(C(=O)O)c(OCC2CCC(C)(C)O2)c1. The number of rotatable bonds is 4. The molecule has 1 N–H and O–H groups in total. The van der Waals surface area contributed by atoms with Crippen molar-refractivity contribution in [1.29, 1.82) is 0 Å². The molecule has 4 heteroatoms. The van der Waals surface area contributed by atoms with Crippen molar-refractivity contribution in [2.24, 2.45) is 0 Å². The minimum Gasteiger partial charge on any atom is -0.490 e. The topological polar surface area (TPSA) is 55.8 Å². The molecule has 0 spiro atoms. The molecule has 0 aliphatic carbocycles. The number of ether oxygens (including phenoxy) is 2. The van der Waals surface area contributed by atoms with Crippen LogP contribution < -0.4 is 4.74 Å². The van der Waals surface area contributed by atoms with Crippen LogP contribution >= 0.6 is 0 Å². The number of hydrogen-bond donors (Lipinski definition) is 1. The first-order valence-electron chi connectivity index (χ1n) is 6.52. The third-order valence-electron chi connectivity index (χ3n) is 3.35. The van der Waals surface area contributed by atoms with E-state index in [1.165, 1.54) is 0 Å². The molecule has 2 rings (SSSR count). The number of benzene rings is 1. The van der Waals surface area contributed by atoms with Gasteiger partial charge in [-0.05, 0) is 51.3 Å². The number of hydrogen-bond acceptors (Lipinski definition) is 3. The first-order valence-corrected chi connectivity index (χ1v) is 6.52. The molecule has 1 saturated heterocycles. The van der Waals surface area contributed by atoms with Gasteiger partial charge >= 0.3 is 5.97 Å². The van der Waals surface area contributed by atoms with E-state index in [4.69, 9.17) is 14.6 Å². The zero-order chi connectivity index (χ0) is 14.0. The quantitative estimate of drug-likeness (QED) is 0.908. The summed E-state index contributed by atoms with van der Waals surface area (Å²) < 4.78 is 11.5. The highest BCUT2D eigenvalue weighted by molar-refractivity contribution is 5.90. The van der Waals surface area contributed by atoms with E-state index in [0.29, 0.717) is 12.4 Å². The summed E-state index contributed by atoms with van der Waals surface area (Å²) in [4.78, 5) is 11.1. The third kappa shape index (κ3) is 3.47. The summed E-state index contributed by atoms with van der Waals surface area (Å²) in [6.45, 7) is 6.42. The van der Waals surface area contributed by atoms with E-state index in [-0.39, 0.29) is 17.3 Å². The number of carboxylic acid groups (broad SMARTS) is 1. The number of aromatic carboxylic acids is 1. The molecule has 1 fully saturated rings. The molecule has 1 aliphatic heterocycles. The average Bonchev–Trinajstić information content (AvgIpc) is 2.66. The first-order chi connectivity index (χ1) is 8.87. The van der Waals surface area contributed by atoms with Gasteiger partial charge in [-0.1, -0.05) is 6.07 Å². The molecule has 104 valence electrons. The van der Waals surface area contributed by atoms with Gasteiger partial charge in [0.2, 0.25) is 0 Å². The summed E-state index contributed by atoms with van der Waals surface area (Å²) in [6, 6.07) is 5.10. The second-order valence-corrected chi connectivity index (χ2v) is 5.65. The Morgan fingerprint density at radius 2 is 2.26 bits per heavy atom. The normalized spacial score (nSPS) is 21.3. The molecular weight excluding hydrogens is 244 g/mol. The summed E-state index contributed by atoms with van der Waals surface area (Å²) in [5.74, 6) is -0.552. The monoisotopic (exact) mass is 264 g/mol. The molecule has 1 aromatic carbocycles. The molecule has 0 radical (unpaired) electrons. The van der Waals surface area contributed by atoms with Crippen LogP contribution in [0.3, 0.4) is 0 Å². The van der Waals surface area contributed by atoms with Crippen molar-refractivity contribution in [2.45, 2.75) is 45.3 Å². The zero-order valence-corrected chi connectivity index (χ0v) is 11.6. The van der Waals surface area contributed by atoms with Gasteiger partial charge in [0.1, 0.15) is 17.9 Å². The van der Waals surface area contributed by atoms with Crippen LogP contribution in [0.15, 0.2) is 18.2 Å². The molecule has 19 heavy (non-hydrogen) atoms. The predicted octanol–water partition coefficient (Wildman–Crippen LogP) is 3.03. The fourth-order valence-corrected chi connectivity index (χ4v) is 2.30. The van der Waals surface area contributed by atoms with Gasteiger partial charge in [-0.25, -0.2) is 4.79 Å². The smallest absolute Gasteiger partial charge is 0.339 e. The van der Waals surface area contributed by atoms with Crippen molar-refractivity contribution in [3.8, 4) is 5.75 Å². The van der Waals surface area contributed by atoms with Gasteiger partial charge in [-0.15, -0.1) is 0 Å². The molecule has 1 unspecified atom stereocenters. The van der Waals surface area contributed by atoms with Crippen LogP contribution in [0, 0.1) is 6.92 Å². The van der Waals surface area contributed by atoms with Crippen LogP contribution in [0.25, 0.3) is 0 Å². The molecule has 1 aromatic rings. The highest BCUT2D eigenvalue weighted by Gasteiger charge is 2.32. The van der Waals surface area contributed by atoms with Crippen LogP contribution in [0.1, 0.15) is 42.6 Å². The average molecular weight is 264 g/mol. The van der Waals surface area contributed by atoms with Crippen molar-refractivity contribution in [3.63, 3.8) is 0 Å². The van der Waals surface area contributed by atoms with Crippen molar-refractivity contribution < 1.29 is 19.4 Å². The highest BCUT2D eigenvalue weighted by Crippen LogP contribution is 2.30. The largest absolute Gasteiger partial charge is 0.490 e. The lowest BCUT2D eigenvalue weighted by atomic mass is 10.1. The second kappa shape index (κ2) is 5.21. The Labute approximate surface area is 113 Å². The lowest BCUT2D eigenvalue weighted by molar-refractivity contribution is -0.0328. The summed E-state index contributed by atoms with van der Waals surface area (Å²) in [7, 11) is 0. The lowest BCUT2D eigenvalue weighted by Gasteiger charge is -2.19. The van der Waals surface area contributed by atoms with Crippen LogP contribution in [-0.2, 0) is 4.74 Å². The van der Waals surface area contributed by atoms with E-state index < -0.39 is 5.97 Å². The van der Waals surface area contributed by atoms with Crippen molar-refractivity contribution in [2.75, 3.05) is 6.61 Å². The molecule has 1 heterocycles. The maximum Gasteiger partial charge on any atom is 0.339 e. The molecule has 4 nitrogen and oxygen atoms in total. The van der Waals surface area contributed by atoms with Gasteiger partial charge in [-0.2, -0.15) is 0 Å². The second-order valence-electron chi connectivity index (χ2n) is 5.65. The van der Waals surface area contributed by atoms with E-state index in [9.17, 15) is 4.79 Å². The van der Waals surface area contributed by atoms with E-state index in [1.807, 2.05) is 6.92 Å². The maximum absolute atomic E-state index is 11.1. The van der Waals surface area contributed by atoms with E-state index >= 15 is 0 Å². The molecule has 0 aromatic heterocycles. The maximum atomic E-state index is 11.1. The fraction of sp³-hybridized carbons (Fsp3) is 0.533. The Bertz CT molecular complexity index is 479. The van der Waals surface area contributed by atoms with Crippen molar-refractivity contribution >= 4 is 5.97 Å². The molecule has 1 aliphatic rings. The van der Waals surface area contributed by atoms with Crippen LogP contribution in [0.5, 0.6) is 5.75 Å². The van der Waals surface area contributed by atoms with Gasteiger partial charge in [0, 0.05) is 0 Å². The Kier molecular flexibility index (Phi) is 3.80. The Balaban J connectivity index is 2.03. The lowest BCUT2D eigenvalue weighted by Crippen LogP contribution is -2.24. The van der Waals surface area contributed by atoms with Crippen LogP contribution in [0.4, 0.5) is 0 Å². The summed E-state index contributed by atoms with van der Waals surface area (Å²) in [6.07, 6.45) is 1.99. The standard InChI is InChI=1S/C15H20O4/c1-10-4-5-12(14(16)17)13(8-10)18-9-11-6-7-15(2,3)19-11/h4-5,8,11H,6-7,9H2,1-3H3,(H,16,17). The molecule has 0 bridgehead atoms. The van der Waals surface area contributed by atoms with Gasteiger partial charge in [0.25, 0.3) is 0 Å².